The first-order valence-electron chi connectivity index (χ1n) is 12.1. The third-order valence-corrected chi connectivity index (χ3v) is 6.92. The summed E-state index contributed by atoms with van der Waals surface area (Å²) in [7, 11) is 0. The Balaban J connectivity index is 1.96. The number of halogens is 5. The van der Waals surface area contributed by atoms with Crippen molar-refractivity contribution in [1.82, 2.24) is 4.98 Å². The number of carbonyl (C=O) groups excluding carboxylic acids is 1. The van der Waals surface area contributed by atoms with Gasteiger partial charge in [-0.1, -0.05) is 60.7 Å². The molecule has 0 fully saturated rings. The van der Waals surface area contributed by atoms with Gasteiger partial charge < -0.3 is 10.8 Å². The summed E-state index contributed by atoms with van der Waals surface area (Å²) >= 11 is 0. The SMILES string of the molecule is NC(=O)C(O)(CC[C@@](Cc1ccccc1)(c1cc(F)cc(C(F)(F)F)c1)c1ccc(F)cn1)c1ccccc1. The Bertz CT molecular complexity index is 1430. The molecule has 0 radical (unpaired) electrons. The van der Waals surface area contributed by atoms with E-state index in [0.717, 1.165) is 24.4 Å². The molecule has 1 amide bonds. The smallest absolute Gasteiger partial charge is 0.375 e. The zero-order valence-corrected chi connectivity index (χ0v) is 20.6. The number of hydrogen-bond donors (Lipinski definition) is 2. The first kappa shape index (κ1) is 27.9. The van der Waals surface area contributed by atoms with Crippen LogP contribution in [-0.2, 0) is 28.4 Å². The summed E-state index contributed by atoms with van der Waals surface area (Å²) in [6.45, 7) is 0. The molecule has 0 saturated heterocycles. The number of nitrogens with two attached hydrogens (primary N) is 1. The number of aromatic nitrogens is 1. The minimum Gasteiger partial charge on any atom is -0.375 e. The minimum atomic E-state index is -4.86. The van der Waals surface area contributed by atoms with Gasteiger partial charge in [-0.05, 0) is 66.3 Å². The molecule has 3 N–H and O–H groups in total. The highest BCUT2D eigenvalue weighted by molar-refractivity contribution is 5.84. The number of aliphatic hydroxyl groups is 1. The molecular formula is C30H25F5N2O2. The van der Waals surface area contributed by atoms with Crippen molar-refractivity contribution in [3.8, 4) is 0 Å². The number of benzene rings is 3. The van der Waals surface area contributed by atoms with Gasteiger partial charge in [-0.25, -0.2) is 8.78 Å². The van der Waals surface area contributed by atoms with Crippen LogP contribution in [0, 0.1) is 11.6 Å². The number of nitrogens with zero attached hydrogens (tertiary/aromatic N) is 1. The quantitative estimate of drug-likeness (QED) is 0.254. The molecule has 4 nitrogen and oxygen atoms in total. The van der Waals surface area contributed by atoms with Crippen LogP contribution in [0.25, 0.3) is 0 Å². The van der Waals surface area contributed by atoms with Gasteiger partial charge >= 0.3 is 6.18 Å². The van der Waals surface area contributed by atoms with Crippen molar-refractivity contribution in [3.63, 3.8) is 0 Å². The number of hydrogen-bond acceptors (Lipinski definition) is 3. The van der Waals surface area contributed by atoms with Crippen LogP contribution in [0.4, 0.5) is 22.0 Å². The fourth-order valence-electron chi connectivity index (χ4n) is 4.85. The molecule has 2 atom stereocenters. The molecule has 1 heterocycles. The third kappa shape index (κ3) is 5.98. The van der Waals surface area contributed by atoms with Gasteiger partial charge in [0.25, 0.3) is 5.91 Å². The van der Waals surface area contributed by atoms with Crippen molar-refractivity contribution in [3.05, 3.63) is 137 Å². The number of primary amides is 1. The van der Waals surface area contributed by atoms with E-state index in [0.29, 0.717) is 11.6 Å². The lowest BCUT2D eigenvalue weighted by atomic mass is 9.67. The lowest BCUT2D eigenvalue weighted by Crippen LogP contribution is -2.43. The zero-order valence-electron chi connectivity index (χ0n) is 20.6. The molecule has 202 valence electrons. The molecule has 0 bridgehead atoms. The molecule has 0 saturated carbocycles. The van der Waals surface area contributed by atoms with E-state index in [1.165, 1.54) is 18.2 Å². The van der Waals surface area contributed by atoms with Crippen LogP contribution in [0.5, 0.6) is 0 Å². The second-order valence-corrected chi connectivity index (χ2v) is 9.42. The monoisotopic (exact) mass is 540 g/mol. The predicted octanol–water partition coefficient (Wildman–Crippen LogP) is 6.06. The van der Waals surface area contributed by atoms with Crippen LogP contribution in [0.3, 0.4) is 0 Å². The Labute approximate surface area is 222 Å². The average Bonchev–Trinajstić information content (AvgIpc) is 2.91. The lowest BCUT2D eigenvalue weighted by Gasteiger charge is -2.37. The highest BCUT2D eigenvalue weighted by Crippen LogP contribution is 2.44. The summed E-state index contributed by atoms with van der Waals surface area (Å²) in [5.74, 6) is -2.88. The Morgan fingerprint density at radius 3 is 1.95 bits per heavy atom. The van der Waals surface area contributed by atoms with Gasteiger partial charge in [0, 0.05) is 5.41 Å². The first-order valence-corrected chi connectivity index (χ1v) is 12.1. The van der Waals surface area contributed by atoms with Crippen molar-refractivity contribution in [2.24, 2.45) is 5.73 Å². The standard InChI is InChI=1S/C30H25F5N2O2/c31-24-11-12-26(37-19-24)28(18-20-7-3-1-4-8-20,22-15-23(30(33,34)35)17-25(32)16-22)13-14-29(39,27(36)38)21-9-5-2-6-10-21/h1-12,15-17,19,39H,13-14,18H2,(H2,36,38)/t28-,29?/m1/s1. The Morgan fingerprint density at radius 1 is 0.769 bits per heavy atom. The van der Waals surface area contributed by atoms with Crippen molar-refractivity contribution in [2.45, 2.75) is 36.5 Å². The van der Waals surface area contributed by atoms with Crippen LogP contribution < -0.4 is 5.73 Å². The third-order valence-electron chi connectivity index (χ3n) is 6.92. The molecule has 1 aromatic heterocycles. The van der Waals surface area contributed by atoms with Crippen LogP contribution in [0.15, 0.2) is 97.2 Å². The van der Waals surface area contributed by atoms with Crippen molar-refractivity contribution in [1.29, 1.82) is 0 Å². The van der Waals surface area contributed by atoms with E-state index in [1.807, 2.05) is 0 Å². The van der Waals surface area contributed by atoms with Gasteiger partial charge in [0.1, 0.15) is 11.6 Å². The Hall–Kier alpha value is -4.11. The van der Waals surface area contributed by atoms with Gasteiger partial charge in [0.15, 0.2) is 5.60 Å². The number of rotatable bonds is 9. The van der Waals surface area contributed by atoms with Crippen molar-refractivity contribution >= 4 is 5.91 Å². The van der Waals surface area contributed by atoms with Gasteiger partial charge in [-0.15, -0.1) is 0 Å². The normalized spacial score (nSPS) is 14.8. The fourth-order valence-corrected chi connectivity index (χ4v) is 4.85. The molecule has 0 spiro atoms. The predicted molar refractivity (Wildman–Crippen MR) is 135 cm³/mol. The summed E-state index contributed by atoms with van der Waals surface area (Å²) in [5, 5.41) is 11.5. The Morgan fingerprint density at radius 2 is 1.38 bits per heavy atom. The summed E-state index contributed by atoms with van der Waals surface area (Å²) in [6.07, 6.45) is -4.50. The van der Waals surface area contributed by atoms with Gasteiger partial charge in [-0.2, -0.15) is 13.2 Å². The van der Waals surface area contributed by atoms with Crippen LogP contribution in [0.1, 0.15) is 40.8 Å². The number of carbonyl (C=O) groups is 1. The van der Waals surface area contributed by atoms with Gasteiger partial charge in [-0.3, -0.25) is 9.78 Å². The van der Waals surface area contributed by atoms with Crippen LogP contribution in [-0.4, -0.2) is 16.0 Å². The van der Waals surface area contributed by atoms with Crippen molar-refractivity contribution in [2.75, 3.05) is 0 Å². The molecule has 0 aliphatic carbocycles. The molecule has 4 rings (SSSR count). The molecular weight excluding hydrogens is 515 g/mol. The largest absolute Gasteiger partial charge is 0.416 e. The van der Waals surface area contributed by atoms with E-state index >= 15 is 0 Å². The lowest BCUT2D eigenvalue weighted by molar-refractivity contribution is -0.138. The second-order valence-electron chi connectivity index (χ2n) is 9.42. The highest BCUT2D eigenvalue weighted by atomic mass is 19.4. The fraction of sp³-hybridized carbons (Fsp3) is 0.200. The molecule has 4 aromatic rings. The van der Waals surface area contributed by atoms with E-state index in [9.17, 15) is 31.9 Å². The molecule has 0 aliphatic heterocycles. The Kier molecular flexibility index (Phi) is 7.83. The van der Waals surface area contributed by atoms with E-state index in [4.69, 9.17) is 5.73 Å². The highest BCUT2D eigenvalue weighted by Gasteiger charge is 2.44. The molecule has 1 unspecified atom stereocenters. The second kappa shape index (κ2) is 10.9. The molecule has 39 heavy (non-hydrogen) atoms. The maximum Gasteiger partial charge on any atom is 0.416 e. The first-order chi connectivity index (χ1) is 18.4. The molecule has 3 aromatic carbocycles. The summed E-state index contributed by atoms with van der Waals surface area (Å²) < 4.78 is 70.1. The topological polar surface area (TPSA) is 76.2 Å². The zero-order chi connectivity index (χ0) is 28.3. The van der Waals surface area contributed by atoms with Gasteiger partial charge in [0.05, 0.1) is 17.5 Å². The van der Waals surface area contributed by atoms with E-state index in [2.05, 4.69) is 4.98 Å². The van der Waals surface area contributed by atoms with E-state index < -0.39 is 40.3 Å². The molecule has 0 aliphatic rings. The number of pyridine rings is 1. The minimum absolute atomic E-state index is 0.00312. The number of alkyl halides is 3. The average molecular weight is 541 g/mol. The number of amides is 1. The van der Waals surface area contributed by atoms with E-state index in [-0.39, 0.29) is 36.1 Å². The maximum atomic E-state index is 14.8. The summed E-state index contributed by atoms with van der Waals surface area (Å²) in [6, 6.07) is 21.2. The summed E-state index contributed by atoms with van der Waals surface area (Å²) in [4.78, 5) is 16.7. The van der Waals surface area contributed by atoms with Gasteiger partial charge in [0.2, 0.25) is 0 Å². The van der Waals surface area contributed by atoms with Crippen molar-refractivity contribution < 1.29 is 31.9 Å². The summed E-state index contributed by atoms with van der Waals surface area (Å²) in [5.41, 5.74) is 1.55. The van der Waals surface area contributed by atoms with Crippen LogP contribution in [0.2, 0.25) is 0 Å². The maximum absolute atomic E-state index is 14.8. The van der Waals surface area contributed by atoms with Crippen LogP contribution >= 0.6 is 0 Å². The van der Waals surface area contributed by atoms with E-state index in [1.54, 1.807) is 48.5 Å². The molecule has 9 heteroatoms.